The minimum absolute atomic E-state index is 0.0398. The maximum absolute atomic E-state index is 14.5. The van der Waals surface area contributed by atoms with Gasteiger partial charge in [-0.05, 0) is 78.8 Å². The highest BCUT2D eigenvalue weighted by atomic mass is 19.4. The number of anilines is 1. The lowest BCUT2D eigenvalue weighted by atomic mass is 9.62. The fourth-order valence-electron chi connectivity index (χ4n) is 7.06. The lowest BCUT2D eigenvalue weighted by Gasteiger charge is -2.40. The molecule has 1 aliphatic heterocycles. The number of rotatable bonds is 9. The number of halogens is 6. The maximum atomic E-state index is 14.5. The second-order valence-electron chi connectivity index (χ2n) is 12.5. The maximum Gasteiger partial charge on any atom is 0.417 e. The number of fused-ring (bicyclic) bond motifs is 1. The van der Waals surface area contributed by atoms with Crippen molar-refractivity contribution in [3.8, 4) is 11.1 Å². The summed E-state index contributed by atoms with van der Waals surface area (Å²) in [6, 6.07) is 6.25. The molecule has 45 heavy (non-hydrogen) atoms. The molecule has 7 atom stereocenters. The monoisotopic (exact) mass is 638 g/mol. The van der Waals surface area contributed by atoms with Gasteiger partial charge in [0.2, 0.25) is 11.8 Å². The van der Waals surface area contributed by atoms with E-state index < -0.39 is 64.2 Å². The van der Waals surface area contributed by atoms with Crippen molar-refractivity contribution in [2.24, 2.45) is 29.6 Å². The molecule has 5 nitrogen and oxygen atoms in total. The Labute approximate surface area is 259 Å². The van der Waals surface area contributed by atoms with Crippen LogP contribution in [-0.2, 0) is 26.7 Å². The second kappa shape index (κ2) is 13.2. The van der Waals surface area contributed by atoms with Crippen LogP contribution in [0.25, 0.3) is 11.1 Å². The average Bonchev–Trinajstić information content (AvgIpc) is 3.33. The number of nitrogens with zero attached hydrogens (tertiary/aromatic N) is 1. The van der Waals surface area contributed by atoms with E-state index in [-0.39, 0.29) is 42.4 Å². The lowest BCUT2D eigenvalue weighted by molar-refractivity contribution is -0.140. The minimum atomic E-state index is -5.02. The van der Waals surface area contributed by atoms with Gasteiger partial charge in [-0.15, -0.1) is 0 Å². The van der Waals surface area contributed by atoms with Gasteiger partial charge in [-0.25, -0.2) is 0 Å². The number of benzene rings is 2. The molecule has 2 fully saturated rings. The van der Waals surface area contributed by atoms with Gasteiger partial charge in [0.15, 0.2) is 0 Å². The highest BCUT2D eigenvalue weighted by Crippen LogP contribution is 2.50. The SMILES string of the molecule is CCC(C)NC(=O)C1C(C=O)CC2CN(c3ccc(-c4ccc(C(C)CC)cc4C(F)(F)F)c(C(F)(F)F)c3)C(=O)C2C1CC. The third-order valence-corrected chi connectivity index (χ3v) is 9.83. The van der Waals surface area contributed by atoms with Crippen molar-refractivity contribution >= 4 is 23.8 Å². The smallest absolute Gasteiger partial charge is 0.353 e. The van der Waals surface area contributed by atoms with Gasteiger partial charge in [-0.1, -0.05) is 52.3 Å². The Hall–Kier alpha value is -3.37. The predicted molar refractivity (Wildman–Crippen MR) is 159 cm³/mol. The van der Waals surface area contributed by atoms with Crippen molar-refractivity contribution in [3.05, 3.63) is 53.1 Å². The molecule has 2 aromatic rings. The van der Waals surface area contributed by atoms with Crippen molar-refractivity contribution in [2.45, 2.75) is 84.6 Å². The Kier molecular flexibility index (Phi) is 10.1. The van der Waals surface area contributed by atoms with E-state index >= 15 is 0 Å². The zero-order valence-corrected chi connectivity index (χ0v) is 26.1. The summed E-state index contributed by atoms with van der Waals surface area (Å²) in [5, 5.41) is 2.91. The van der Waals surface area contributed by atoms with Crippen molar-refractivity contribution < 1.29 is 40.7 Å². The topological polar surface area (TPSA) is 66.5 Å². The molecule has 2 amide bonds. The third-order valence-electron chi connectivity index (χ3n) is 9.83. The molecule has 4 rings (SSSR count). The summed E-state index contributed by atoms with van der Waals surface area (Å²) in [5.74, 6) is -3.95. The van der Waals surface area contributed by atoms with Crippen molar-refractivity contribution in [1.29, 1.82) is 0 Å². The van der Waals surface area contributed by atoms with Crippen LogP contribution < -0.4 is 10.2 Å². The summed E-state index contributed by atoms with van der Waals surface area (Å²) < 4.78 is 86.0. The van der Waals surface area contributed by atoms with Crippen LogP contribution in [0.15, 0.2) is 36.4 Å². The fourth-order valence-corrected chi connectivity index (χ4v) is 7.06. The van der Waals surface area contributed by atoms with Crippen LogP contribution in [0.2, 0.25) is 0 Å². The third kappa shape index (κ3) is 6.77. The number of aldehydes is 1. The normalized spacial score (nSPS) is 25.1. The predicted octanol–water partition coefficient (Wildman–Crippen LogP) is 8.26. The van der Waals surface area contributed by atoms with Crippen LogP contribution in [-0.4, -0.2) is 30.7 Å². The van der Waals surface area contributed by atoms with Gasteiger partial charge in [0.05, 0.1) is 17.0 Å². The summed E-state index contributed by atoms with van der Waals surface area (Å²) in [5.41, 5.74) is -3.38. The van der Waals surface area contributed by atoms with Gasteiger partial charge in [0.1, 0.15) is 6.29 Å². The minimum Gasteiger partial charge on any atom is -0.353 e. The van der Waals surface area contributed by atoms with E-state index in [2.05, 4.69) is 5.32 Å². The summed E-state index contributed by atoms with van der Waals surface area (Å²) >= 11 is 0. The van der Waals surface area contributed by atoms with Crippen molar-refractivity contribution in [1.82, 2.24) is 5.32 Å². The van der Waals surface area contributed by atoms with Gasteiger partial charge >= 0.3 is 12.4 Å². The van der Waals surface area contributed by atoms with E-state index in [0.29, 0.717) is 24.8 Å². The summed E-state index contributed by atoms with van der Waals surface area (Å²) in [7, 11) is 0. The van der Waals surface area contributed by atoms with Crippen molar-refractivity contribution in [2.75, 3.05) is 11.4 Å². The highest BCUT2D eigenvalue weighted by molar-refractivity contribution is 5.99. The molecule has 1 heterocycles. The molecule has 0 spiro atoms. The lowest BCUT2D eigenvalue weighted by Crippen LogP contribution is -2.50. The first-order valence-corrected chi connectivity index (χ1v) is 15.6. The Morgan fingerprint density at radius 1 is 0.956 bits per heavy atom. The number of carbonyl (C=O) groups is 3. The first-order chi connectivity index (χ1) is 21.1. The van der Waals surface area contributed by atoms with E-state index in [4.69, 9.17) is 0 Å². The van der Waals surface area contributed by atoms with Crippen LogP contribution >= 0.6 is 0 Å². The Morgan fingerprint density at radius 2 is 1.56 bits per heavy atom. The van der Waals surface area contributed by atoms with E-state index in [0.717, 1.165) is 30.6 Å². The molecule has 0 aromatic heterocycles. The van der Waals surface area contributed by atoms with Crippen LogP contribution in [0.3, 0.4) is 0 Å². The fraction of sp³-hybridized carbons (Fsp3) is 0.559. The first kappa shape index (κ1) is 34.5. The Morgan fingerprint density at radius 3 is 2.09 bits per heavy atom. The van der Waals surface area contributed by atoms with E-state index in [1.807, 2.05) is 27.7 Å². The largest absolute Gasteiger partial charge is 0.417 e. The molecule has 11 heteroatoms. The molecule has 246 valence electrons. The molecule has 1 saturated carbocycles. The molecule has 7 unspecified atom stereocenters. The molecule has 2 aromatic carbocycles. The molecule has 1 saturated heterocycles. The van der Waals surface area contributed by atoms with Gasteiger partial charge in [-0.3, -0.25) is 9.59 Å². The molecular formula is C34H40F6N2O3. The van der Waals surface area contributed by atoms with Gasteiger partial charge in [-0.2, -0.15) is 26.3 Å². The van der Waals surface area contributed by atoms with Crippen LogP contribution in [0.5, 0.6) is 0 Å². The summed E-state index contributed by atoms with van der Waals surface area (Å²) in [6.07, 6.45) is -7.33. The number of nitrogens with one attached hydrogen (secondary N) is 1. The number of carbonyl (C=O) groups excluding carboxylic acids is 3. The number of hydrogen-bond acceptors (Lipinski definition) is 3. The standard InChI is InChI=1S/C34H40F6N2O3/c1-6-18(4)20-9-11-25(27(14-20)33(35,36)37)26-12-10-23(15-28(26)34(38,39)40)42-16-21-13-22(17-43)29(31(44)41-19(5)7-2)24(8-3)30(21)32(42)45/h9-12,14-15,17-19,21-22,24,29-30H,6-8,13,16H2,1-5H3,(H,41,44). The Balaban J connectivity index is 1.76. The molecule has 2 aliphatic rings. The van der Waals surface area contributed by atoms with Gasteiger partial charge < -0.3 is 15.0 Å². The molecule has 0 bridgehead atoms. The Bertz CT molecular complexity index is 1420. The average molecular weight is 639 g/mol. The number of amides is 2. The highest BCUT2D eigenvalue weighted by Gasteiger charge is 2.55. The van der Waals surface area contributed by atoms with E-state index in [1.165, 1.54) is 17.0 Å². The van der Waals surface area contributed by atoms with E-state index in [1.54, 1.807) is 6.92 Å². The zero-order chi connectivity index (χ0) is 33.4. The van der Waals surface area contributed by atoms with Crippen LogP contribution in [0.1, 0.15) is 82.9 Å². The van der Waals surface area contributed by atoms with Gasteiger partial charge in [0.25, 0.3) is 0 Å². The number of hydrogen-bond donors (Lipinski definition) is 1. The van der Waals surface area contributed by atoms with Crippen molar-refractivity contribution in [3.63, 3.8) is 0 Å². The summed E-state index contributed by atoms with van der Waals surface area (Å²) in [6.45, 7) is 9.15. The van der Waals surface area contributed by atoms with Crippen LogP contribution in [0.4, 0.5) is 32.0 Å². The second-order valence-corrected chi connectivity index (χ2v) is 12.5. The molecule has 0 radical (unpaired) electrons. The number of alkyl halides is 6. The molecular weight excluding hydrogens is 598 g/mol. The van der Waals surface area contributed by atoms with Gasteiger partial charge in [0, 0.05) is 30.1 Å². The van der Waals surface area contributed by atoms with Crippen LogP contribution in [0, 0.1) is 29.6 Å². The molecule has 1 aliphatic carbocycles. The summed E-state index contributed by atoms with van der Waals surface area (Å²) in [4.78, 5) is 40.5. The van der Waals surface area contributed by atoms with E-state index in [9.17, 15) is 40.7 Å². The quantitative estimate of drug-likeness (QED) is 0.222. The molecule has 1 N–H and O–H groups in total. The zero-order valence-electron chi connectivity index (χ0n) is 26.1. The first-order valence-electron chi connectivity index (χ1n) is 15.6.